The molecule has 0 bridgehead atoms. The van der Waals surface area contributed by atoms with Crippen molar-refractivity contribution in [1.29, 1.82) is 0 Å². The third-order valence-corrected chi connectivity index (χ3v) is 6.15. The van der Waals surface area contributed by atoms with E-state index in [2.05, 4.69) is 5.32 Å². The summed E-state index contributed by atoms with van der Waals surface area (Å²) in [6.45, 7) is 0.0890. The molecule has 0 saturated carbocycles. The van der Waals surface area contributed by atoms with E-state index in [0.29, 0.717) is 27.1 Å². The van der Waals surface area contributed by atoms with Crippen LogP contribution in [0.5, 0.6) is 11.5 Å². The van der Waals surface area contributed by atoms with Gasteiger partial charge in [0.15, 0.2) is 0 Å². The molecule has 1 heterocycles. The van der Waals surface area contributed by atoms with Crippen molar-refractivity contribution in [2.75, 3.05) is 27.3 Å². The number of carbonyl (C=O) groups is 3. The Morgan fingerprint density at radius 1 is 1.16 bits per heavy atom. The Hall–Kier alpha value is -2.68. The predicted octanol–water partition coefficient (Wildman–Crippen LogP) is 4.48. The van der Waals surface area contributed by atoms with E-state index in [9.17, 15) is 14.4 Å². The normalized spacial score (nSPS) is 14.8. The molecule has 0 aromatic heterocycles. The van der Waals surface area contributed by atoms with Crippen molar-refractivity contribution in [3.8, 4) is 11.5 Å². The van der Waals surface area contributed by atoms with Crippen LogP contribution in [0, 0.1) is 0 Å². The van der Waals surface area contributed by atoms with Gasteiger partial charge in [-0.05, 0) is 47.7 Å². The third kappa shape index (κ3) is 5.15. The number of halogens is 2. The molecule has 1 aliphatic heterocycles. The smallest absolute Gasteiger partial charge is 0.293 e. The molecule has 31 heavy (non-hydrogen) atoms. The third-order valence-electron chi connectivity index (χ3n) is 4.41. The molecule has 2 aromatic carbocycles. The Kier molecular flexibility index (Phi) is 7.48. The molecule has 0 spiro atoms. The molecular formula is C21H18Cl2N2O5S. The molecule has 1 fully saturated rings. The summed E-state index contributed by atoms with van der Waals surface area (Å²) >= 11 is 13.0. The Balaban J connectivity index is 1.66. The van der Waals surface area contributed by atoms with E-state index in [4.69, 9.17) is 32.7 Å². The second-order valence-electron chi connectivity index (χ2n) is 6.30. The number of nitrogens with one attached hydrogen (secondary N) is 1. The molecule has 0 atom stereocenters. The number of imide groups is 1. The first-order chi connectivity index (χ1) is 14.8. The number of ether oxygens (including phenoxy) is 2. The standard InChI is InChI=1S/C21H18Cl2N2O5S/c1-29-13-6-7-16(30-2)14(11-13)19(26)24-8-9-25-20(27)17(31-21(25)28)10-12-4-3-5-15(22)18(12)23/h3-7,10-11H,8-9H2,1-2H3,(H,24,26)/b17-10-. The van der Waals surface area contributed by atoms with Crippen LogP contribution in [0.25, 0.3) is 6.08 Å². The van der Waals surface area contributed by atoms with Gasteiger partial charge in [0.05, 0.1) is 34.7 Å². The van der Waals surface area contributed by atoms with E-state index < -0.39 is 17.1 Å². The van der Waals surface area contributed by atoms with E-state index in [1.165, 1.54) is 20.3 Å². The summed E-state index contributed by atoms with van der Waals surface area (Å²) in [7, 11) is 2.95. The summed E-state index contributed by atoms with van der Waals surface area (Å²) in [4.78, 5) is 38.7. The average Bonchev–Trinajstić information content (AvgIpc) is 3.03. The minimum absolute atomic E-state index is 0.0172. The fraction of sp³-hybridized carbons (Fsp3) is 0.190. The molecule has 0 unspecified atom stereocenters. The van der Waals surface area contributed by atoms with E-state index >= 15 is 0 Å². The number of methoxy groups -OCH3 is 2. The van der Waals surface area contributed by atoms with Crippen LogP contribution in [0.15, 0.2) is 41.3 Å². The van der Waals surface area contributed by atoms with Crippen LogP contribution in [0.3, 0.4) is 0 Å². The average molecular weight is 481 g/mol. The molecule has 162 valence electrons. The highest BCUT2D eigenvalue weighted by atomic mass is 35.5. The maximum absolute atomic E-state index is 12.6. The molecule has 0 aliphatic carbocycles. The lowest BCUT2D eigenvalue weighted by Crippen LogP contribution is -2.37. The first kappa shape index (κ1) is 23.0. The maximum atomic E-state index is 12.6. The molecule has 1 N–H and O–H groups in total. The second kappa shape index (κ2) is 10.1. The van der Waals surface area contributed by atoms with Gasteiger partial charge in [-0.3, -0.25) is 19.3 Å². The van der Waals surface area contributed by atoms with Crippen LogP contribution in [-0.2, 0) is 4.79 Å². The van der Waals surface area contributed by atoms with Gasteiger partial charge in [-0.15, -0.1) is 0 Å². The zero-order chi connectivity index (χ0) is 22.5. The molecule has 1 saturated heterocycles. The Morgan fingerprint density at radius 2 is 1.94 bits per heavy atom. The van der Waals surface area contributed by atoms with Gasteiger partial charge in [0.2, 0.25) is 0 Å². The molecule has 0 radical (unpaired) electrons. The minimum Gasteiger partial charge on any atom is -0.497 e. The molecule has 7 nitrogen and oxygen atoms in total. The van der Waals surface area contributed by atoms with Gasteiger partial charge in [0, 0.05) is 13.1 Å². The number of nitrogens with zero attached hydrogens (tertiary/aromatic N) is 1. The van der Waals surface area contributed by atoms with Crippen molar-refractivity contribution in [2.24, 2.45) is 0 Å². The van der Waals surface area contributed by atoms with Crippen LogP contribution >= 0.6 is 35.0 Å². The zero-order valence-corrected chi connectivity index (χ0v) is 18.9. The van der Waals surface area contributed by atoms with E-state index in [0.717, 1.165) is 16.7 Å². The quantitative estimate of drug-likeness (QED) is 0.588. The lowest BCUT2D eigenvalue weighted by molar-refractivity contribution is -0.122. The van der Waals surface area contributed by atoms with Crippen LogP contribution in [0.1, 0.15) is 15.9 Å². The topological polar surface area (TPSA) is 84.9 Å². The number of hydrogen-bond donors (Lipinski definition) is 1. The number of rotatable bonds is 7. The van der Waals surface area contributed by atoms with Gasteiger partial charge >= 0.3 is 0 Å². The summed E-state index contributed by atoms with van der Waals surface area (Å²) in [6, 6.07) is 9.87. The lowest BCUT2D eigenvalue weighted by Gasteiger charge is -2.14. The number of benzene rings is 2. The fourth-order valence-electron chi connectivity index (χ4n) is 2.83. The van der Waals surface area contributed by atoms with Crippen LogP contribution in [0.4, 0.5) is 4.79 Å². The second-order valence-corrected chi connectivity index (χ2v) is 8.08. The van der Waals surface area contributed by atoms with E-state index in [1.807, 2.05) is 0 Å². The number of hydrogen-bond acceptors (Lipinski definition) is 6. The SMILES string of the molecule is COc1ccc(OC)c(C(=O)NCCN2C(=O)S/C(=C\c3cccc(Cl)c3Cl)C2=O)c1. The van der Waals surface area contributed by atoms with Crippen molar-refractivity contribution in [3.63, 3.8) is 0 Å². The van der Waals surface area contributed by atoms with E-state index in [-0.39, 0.29) is 23.6 Å². The minimum atomic E-state index is -0.459. The first-order valence-electron chi connectivity index (χ1n) is 9.05. The van der Waals surface area contributed by atoms with Crippen molar-refractivity contribution >= 4 is 58.1 Å². The van der Waals surface area contributed by atoms with Gasteiger partial charge in [0.25, 0.3) is 17.1 Å². The van der Waals surface area contributed by atoms with Crippen LogP contribution < -0.4 is 14.8 Å². The fourth-order valence-corrected chi connectivity index (χ4v) is 4.05. The van der Waals surface area contributed by atoms with Gasteiger partial charge in [-0.1, -0.05) is 35.3 Å². The largest absolute Gasteiger partial charge is 0.497 e. The molecule has 1 aliphatic rings. The Labute approximate surface area is 193 Å². The van der Waals surface area contributed by atoms with Gasteiger partial charge in [-0.25, -0.2) is 0 Å². The lowest BCUT2D eigenvalue weighted by atomic mass is 10.1. The Bertz CT molecular complexity index is 1070. The maximum Gasteiger partial charge on any atom is 0.293 e. The number of amides is 3. The van der Waals surface area contributed by atoms with Crippen molar-refractivity contribution in [2.45, 2.75) is 0 Å². The van der Waals surface area contributed by atoms with Crippen LogP contribution in [0.2, 0.25) is 10.0 Å². The monoisotopic (exact) mass is 480 g/mol. The highest BCUT2D eigenvalue weighted by molar-refractivity contribution is 8.18. The first-order valence-corrected chi connectivity index (χ1v) is 10.6. The molecule has 2 aromatic rings. The van der Waals surface area contributed by atoms with Gasteiger partial charge < -0.3 is 14.8 Å². The van der Waals surface area contributed by atoms with Crippen molar-refractivity contribution in [3.05, 3.63) is 62.5 Å². The zero-order valence-electron chi connectivity index (χ0n) is 16.6. The highest BCUT2D eigenvalue weighted by Gasteiger charge is 2.34. The number of thioether (sulfide) groups is 1. The highest BCUT2D eigenvalue weighted by Crippen LogP contribution is 2.34. The van der Waals surface area contributed by atoms with Crippen LogP contribution in [-0.4, -0.2) is 49.3 Å². The summed E-state index contributed by atoms with van der Waals surface area (Å²) < 4.78 is 10.3. The van der Waals surface area contributed by atoms with Crippen molar-refractivity contribution in [1.82, 2.24) is 10.2 Å². The molecular weight excluding hydrogens is 463 g/mol. The summed E-state index contributed by atoms with van der Waals surface area (Å²) in [6.07, 6.45) is 1.53. The predicted molar refractivity (Wildman–Crippen MR) is 121 cm³/mol. The van der Waals surface area contributed by atoms with E-state index in [1.54, 1.807) is 36.4 Å². The van der Waals surface area contributed by atoms with Gasteiger partial charge in [0.1, 0.15) is 11.5 Å². The summed E-state index contributed by atoms with van der Waals surface area (Å²) in [5, 5.41) is 2.91. The summed E-state index contributed by atoms with van der Waals surface area (Å²) in [5.41, 5.74) is 0.824. The molecule has 3 rings (SSSR count). The number of carbonyl (C=O) groups excluding carboxylic acids is 3. The molecule has 3 amide bonds. The Morgan fingerprint density at radius 3 is 2.65 bits per heavy atom. The van der Waals surface area contributed by atoms with Crippen molar-refractivity contribution < 1.29 is 23.9 Å². The summed E-state index contributed by atoms with van der Waals surface area (Å²) in [5.74, 6) is 0.00993. The van der Waals surface area contributed by atoms with Gasteiger partial charge in [-0.2, -0.15) is 0 Å². The molecule has 10 heteroatoms.